The van der Waals surface area contributed by atoms with Gasteiger partial charge in [-0.1, -0.05) is 20.7 Å². The smallest absolute Gasteiger partial charge is 0.135 e. The lowest BCUT2D eigenvalue weighted by molar-refractivity contribution is 0.415. The number of methoxy groups -OCH3 is 1. The van der Waals surface area contributed by atoms with Crippen LogP contribution in [0.1, 0.15) is 18.7 Å². The highest BCUT2D eigenvalue weighted by Crippen LogP contribution is 2.46. The number of benzene rings is 2. The van der Waals surface area contributed by atoms with E-state index in [1.807, 2.05) is 20.2 Å². The molecule has 3 aromatic rings. The quantitative estimate of drug-likeness (QED) is 0.598. The molecule has 4 rings (SSSR count). The first-order valence-corrected chi connectivity index (χ1v) is 11.0. The second-order valence-electron chi connectivity index (χ2n) is 7.36. The predicted octanol–water partition coefficient (Wildman–Crippen LogP) is 5.44. The molecule has 0 atom stereocenters. The van der Waals surface area contributed by atoms with Crippen LogP contribution in [-0.4, -0.2) is 21.2 Å². The Labute approximate surface area is 167 Å². The van der Waals surface area contributed by atoms with E-state index < -0.39 is 0 Å². The van der Waals surface area contributed by atoms with Crippen molar-refractivity contribution in [3.05, 3.63) is 52.0 Å². The normalized spacial score (nSPS) is 14.9. The zero-order valence-electron chi connectivity index (χ0n) is 16.2. The fourth-order valence-electron chi connectivity index (χ4n) is 3.29. The number of hydrogen-bond acceptors (Lipinski definition) is 6. The summed E-state index contributed by atoms with van der Waals surface area (Å²) >= 11 is 0. The molecule has 0 radical (unpaired) electrons. The molecule has 0 saturated carbocycles. The molecule has 1 N–H and O–H groups in total. The van der Waals surface area contributed by atoms with Gasteiger partial charge >= 0.3 is 0 Å². The van der Waals surface area contributed by atoms with Crippen LogP contribution in [0, 0.1) is 0 Å². The molecule has 0 spiro atoms. The Bertz CT molecular complexity index is 1050. The van der Waals surface area contributed by atoms with Crippen LogP contribution >= 0.6 is 20.7 Å². The van der Waals surface area contributed by atoms with Crippen molar-refractivity contribution >= 4 is 37.7 Å². The summed E-state index contributed by atoms with van der Waals surface area (Å²) in [6.07, 6.45) is 0. The van der Waals surface area contributed by atoms with Gasteiger partial charge in [0.05, 0.1) is 23.2 Å². The van der Waals surface area contributed by atoms with Gasteiger partial charge in [0.25, 0.3) is 0 Å². The first-order chi connectivity index (χ1) is 12.9. The highest BCUT2D eigenvalue weighted by atomic mass is 32.9. The molecule has 6 heteroatoms. The molecule has 0 saturated heterocycles. The fraction of sp³-hybridized carbons (Fsp3) is 0.286. The van der Waals surface area contributed by atoms with E-state index in [-0.39, 0.29) is 5.54 Å². The molecule has 4 nitrogen and oxygen atoms in total. The van der Waals surface area contributed by atoms with Gasteiger partial charge in [-0.25, -0.2) is 4.99 Å². The van der Waals surface area contributed by atoms with Crippen molar-refractivity contribution in [1.82, 2.24) is 0 Å². The van der Waals surface area contributed by atoms with Crippen molar-refractivity contribution < 1.29 is 4.74 Å². The van der Waals surface area contributed by atoms with Gasteiger partial charge in [0, 0.05) is 36.6 Å². The third-order valence-electron chi connectivity index (χ3n) is 4.75. The SMILES string of the molecule is COc1ccc2c(c1)-c1c(ssc1=Nc1ccc(N(C)C)cc1)C(C)(C)N2. The number of rotatable bonds is 3. The van der Waals surface area contributed by atoms with Gasteiger partial charge in [-0.3, -0.25) is 0 Å². The van der Waals surface area contributed by atoms with Crippen molar-refractivity contribution in [3.63, 3.8) is 0 Å². The van der Waals surface area contributed by atoms with E-state index in [0.29, 0.717) is 0 Å². The van der Waals surface area contributed by atoms with Crippen LogP contribution in [0.5, 0.6) is 5.75 Å². The second kappa shape index (κ2) is 6.69. The van der Waals surface area contributed by atoms with E-state index in [2.05, 4.69) is 60.5 Å². The summed E-state index contributed by atoms with van der Waals surface area (Å²) < 4.78 is 6.51. The van der Waals surface area contributed by atoms with Gasteiger partial charge in [-0.15, -0.1) is 0 Å². The monoisotopic (exact) mass is 397 g/mol. The van der Waals surface area contributed by atoms with Gasteiger partial charge in [-0.05, 0) is 56.3 Å². The average Bonchev–Trinajstić information content (AvgIpc) is 3.07. The molecule has 2 heterocycles. The maximum Gasteiger partial charge on any atom is 0.135 e. The highest BCUT2D eigenvalue weighted by Gasteiger charge is 2.33. The number of fused-ring (bicyclic) bond motifs is 3. The van der Waals surface area contributed by atoms with Crippen molar-refractivity contribution in [2.45, 2.75) is 19.4 Å². The number of anilines is 2. The third kappa shape index (κ3) is 3.24. The molecule has 2 aromatic carbocycles. The number of nitrogens with zero attached hydrogens (tertiary/aromatic N) is 2. The summed E-state index contributed by atoms with van der Waals surface area (Å²) in [5, 5.41) is 3.66. The summed E-state index contributed by atoms with van der Waals surface area (Å²) in [4.78, 5) is 8.39. The molecule has 1 aliphatic rings. The Kier molecular flexibility index (Phi) is 4.48. The van der Waals surface area contributed by atoms with Gasteiger partial charge in [0.15, 0.2) is 0 Å². The molecule has 0 unspecified atom stereocenters. The van der Waals surface area contributed by atoms with Crippen LogP contribution in [0.25, 0.3) is 11.1 Å². The highest BCUT2D eigenvalue weighted by molar-refractivity contribution is 7.68. The largest absolute Gasteiger partial charge is 0.497 e. The molecule has 27 heavy (non-hydrogen) atoms. The molecular formula is C21H23N3OS2. The third-order valence-corrected chi connectivity index (χ3v) is 7.39. The maximum absolute atomic E-state index is 5.46. The summed E-state index contributed by atoms with van der Waals surface area (Å²) in [5.74, 6) is 0.860. The van der Waals surface area contributed by atoms with E-state index in [9.17, 15) is 0 Å². The van der Waals surface area contributed by atoms with E-state index in [0.717, 1.165) is 27.4 Å². The Morgan fingerprint density at radius 2 is 1.78 bits per heavy atom. The van der Waals surface area contributed by atoms with Crippen LogP contribution in [-0.2, 0) is 5.54 Å². The molecule has 1 aromatic heterocycles. The fourth-order valence-corrected chi connectivity index (χ4v) is 6.23. The first-order valence-electron chi connectivity index (χ1n) is 8.81. The maximum atomic E-state index is 5.46. The molecule has 0 fully saturated rings. The van der Waals surface area contributed by atoms with E-state index in [1.165, 1.54) is 16.1 Å². The Hall–Kier alpha value is -2.31. The van der Waals surface area contributed by atoms with Gasteiger partial charge in [0.2, 0.25) is 0 Å². The number of nitrogens with one attached hydrogen (secondary N) is 1. The Morgan fingerprint density at radius 1 is 1.04 bits per heavy atom. The Balaban J connectivity index is 1.89. The van der Waals surface area contributed by atoms with Crippen LogP contribution in [0.2, 0.25) is 0 Å². The van der Waals surface area contributed by atoms with Crippen molar-refractivity contribution in [1.29, 1.82) is 0 Å². The van der Waals surface area contributed by atoms with Crippen LogP contribution < -0.4 is 19.6 Å². The molecule has 0 aliphatic carbocycles. The molecule has 0 amide bonds. The molecule has 1 aliphatic heterocycles. The van der Waals surface area contributed by atoms with E-state index in [4.69, 9.17) is 9.73 Å². The predicted molar refractivity (Wildman–Crippen MR) is 117 cm³/mol. The number of ether oxygens (including phenoxy) is 1. The van der Waals surface area contributed by atoms with Crippen LogP contribution in [0.3, 0.4) is 0 Å². The summed E-state index contributed by atoms with van der Waals surface area (Å²) in [5.41, 5.74) is 5.52. The minimum atomic E-state index is -0.124. The minimum Gasteiger partial charge on any atom is -0.497 e. The first kappa shape index (κ1) is 18.1. The van der Waals surface area contributed by atoms with Crippen LogP contribution in [0.15, 0.2) is 47.5 Å². The summed E-state index contributed by atoms with van der Waals surface area (Å²) in [6, 6.07) is 14.5. The van der Waals surface area contributed by atoms with Gasteiger partial charge in [0.1, 0.15) is 10.4 Å². The topological polar surface area (TPSA) is 36.9 Å². The van der Waals surface area contributed by atoms with E-state index in [1.54, 1.807) is 27.8 Å². The lowest BCUT2D eigenvalue weighted by Gasteiger charge is -2.33. The Morgan fingerprint density at radius 3 is 2.44 bits per heavy atom. The zero-order valence-corrected chi connectivity index (χ0v) is 17.8. The molecule has 140 valence electrons. The summed E-state index contributed by atoms with van der Waals surface area (Å²) in [6.45, 7) is 4.44. The average molecular weight is 398 g/mol. The molecular weight excluding hydrogens is 374 g/mol. The van der Waals surface area contributed by atoms with Crippen molar-refractivity contribution in [3.8, 4) is 16.9 Å². The summed E-state index contributed by atoms with van der Waals surface area (Å²) in [7, 11) is 9.33. The van der Waals surface area contributed by atoms with Gasteiger partial charge < -0.3 is 15.0 Å². The second-order valence-corrected chi connectivity index (χ2v) is 9.49. The van der Waals surface area contributed by atoms with Crippen LogP contribution in [0.4, 0.5) is 17.1 Å². The van der Waals surface area contributed by atoms with Crippen molar-refractivity contribution in [2.24, 2.45) is 4.99 Å². The minimum absolute atomic E-state index is 0.124. The molecule has 0 bridgehead atoms. The number of hydrogen-bond donors (Lipinski definition) is 1. The lowest BCUT2D eigenvalue weighted by Crippen LogP contribution is -2.31. The zero-order chi connectivity index (χ0) is 19.2. The standard InChI is InChI=1S/C21H23N3OS2/c1-21(2)19-18(16-12-15(25-5)10-11-17(16)23-21)20(27-26-19)22-13-6-8-14(9-7-13)24(3)4/h6-12,23H,1-5H3. The van der Waals surface area contributed by atoms with Crippen molar-refractivity contribution in [2.75, 3.05) is 31.4 Å². The van der Waals surface area contributed by atoms with E-state index >= 15 is 0 Å². The lowest BCUT2D eigenvalue weighted by atomic mass is 9.90. The van der Waals surface area contributed by atoms with Gasteiger partial charge in [-0.2, -0.15) is 0 Å².